The summed E-state index contributed by atoms with van der Waals surface area (Å²) in [5.74, 6) is 3.12. The van der Waals surface area contributed by atoms with Crippen molar-refractivity contribution in [1.29, 1.82) is 0 Å². The fourth-order valence-corrected chi connectivity index (χ4v) is 8.57. The Morgan fingerprint density at radius 2 is 1.80 bits per heavy atom. The number of carbonyl (C=O) groups is 1. The molecule has 3 fully saturated rings. The van der Waals surface area contributed by atoms with Crippen LogP contribution >= 0.6 is 0 Å². The van der Waals surface area contributed by atoms with E-state index in [2.05, 4.69) is 34.6 Å². The smallest absolute Gasteiger partial charge is 0.155 e. The van der Waals surface area contributed by atoms with Crippen molar-refractivity contribution in [2.75, 3.05) is 0 Å². The lowest BCUT2D eigenvalue weighted by Crippen LogP contribution is -2.51. The number of hydrogen-bond donors (Lipinski definition) is 2. The van der Waals surface area contributed by atoms with E-state index in [4.69, 9.17) is 0 Å². The highest BCUT2D eigenvalue weighted by Crippen LogP contribution is 2.67. The van der Waals surface area contributed by atoms with Gasteiger partial charge in [0.05, 0.1) is 12.2 Å². The molecule has 0 heterocycles. The number of aliphatic hydroxyl groups excluding tert-OH is 2. The highest BCUT2D eigenvalue weighted by atomic mass is 16.3. The van der Waals surface area contributed by atoms with Crippen molar-refractivity contribution in [2.45, 2.75) is 105 Å². The Hall–Kier alpha value is -0.670. The van der Waals surface area contributed by atoms with Gasteiger partial charge in [-0.1, -0.05) is 40.2 Å². The Morgan fingerprint density at radius 3 is 2.50 bits per heavy atom. The number of hydrogen-bond acceptors (Lipinski definition) is 3. The molecule has 2 N–H and O–H groups in total. The second-order valence-corrected chi connectivity index (χ2v) is 12.2. The van der Waals surface area contributed by atoms with Gasteiger partial charge in [0.1, 0.15) is 0 Å². The van der Waals surface area contributed by atoms with E-state index >= 15 is 0 Å². The molecule has 4 aliphatic rings. The van der Waals surface area contributed by atoms with Gasteiger partial charge in [0.2, 0.25) is 0 Å². The molecule has 0 aliphatic heterocycles. The van der Waals surface area contributed by atoms with E-state index in [1.807, 2.05) is 6.08 Å². The largest absolute Gasteiger partial charge is 0.393 e. The van der Waals surface area contributed by atoms with Gasteiger partial charge >= 0.3 is 0 Å². The second kappa shape index (κ2) is 8.03. The molecule has 0 spiro atoms. The maximum Gasteiger partial charge on any atom is 0.155 e. The number of carbonyl (C=O) groups excluding carboxylic acids is 1. The minimum Gasteiger partial charge on any atom is -0.393 e. The van der Waals surface area contributed by atoms with Crippen molar-refractivity contribution in [3.63, 3.8) is 0 Å². The summed E-state index contributed by atoms with van der Waals surface area (Å²) in [4.78, 5) is 12.0. The minimum atomic E-state index is -0.317. The van der Waals surface area contributed by atoms with Gasteiger partial charge in [-0.2, -0.15) is 0 Å². The first-order chi connectivity index (χ1) is 14.1. The number of aliphatic hydroxyl groups is 2. The van der Waals surface area contributed by atoms with E-state index in [1.165, 1.54) is 18.4 Å². The van der Waals surface area contributed by atoms with Crippen molar-refractivity contribution in [3.05, 3.63) is 11.6 Å². The number of fused-ring (bicyclic) bond motifs is 5. The molecule has 0 aromatic rings. The number of ketones is 1. The van der Waals surface area contributed by atoms with Crippen molar-refractivity contribution >= 4 is 5.78 Å². The van der Waals surface area contributed by atoms with E-state index in [0.717, 1.165) is 38.5 Å². The van der Waals surface area contributed by atoms with Crippen LogP contribution in [0.15, 0.2) is 11.6 Å². The molecule has 0 amide bonds. The van der Waals surface area contributed by atoms with Gasteiger partial charge in [-0.25, -0.2) is 0 Å². The predicted octanol–water partition coefficient (Wildman–Crippen LogP) is 5.54. The molecule has 30 heavy (non-hydrogen) atoms. The zero-order chi connectivity index (χ0) is 21.8. The molecule has 0 aromatic heterocycles. The maximum absolute atomic E-state index is 12.0. The molecule has 4 aliphatic carbocycles. The molecular weight excluding hydrogens is 372 g/mol. The molecule has 4 rings (SSSR count). The fourth-order valence-electron chi connectivity index (χ4n) is 8.57. The molecule has 170 valence electrons. The summed E-state index contributed by atoms with van der Waals surface area (Å²) in [6, 6.07) is 0. The Morgan fingerprint density at radius 1 is 1.07 bits per heavy atom. The third-order valence-electron chi connectivity index (χ3n) is 10.3. The Bertz CT molecular complexity index is 696. The van der Waals surface area contributed by atoms with Crippen LogP contribution in [0.25, 0.3) is 0 Å². The molecule has 9 unspecified atom stereocenters. The first-order valence-electron chi connectivity index (χ1n) is 12.7. The van der Waals surface area contributed by atoms with Crippen LogP contribution in [0.3, 0.4) is 0 Å². The highest BCUT2D eigenvalue weighted by molar-refractivity contribution is 5.91. The average molecular weight is 417 g/mol. The third-order valence-corrected chi connectivity index (χ3v) is 10.3. The SMILES string of the molecule is CC(C)CCC(O)C(C)C1C(O)CC2C3CCC4=CC(=O)CCC4(C)C3CCC21C. The second-order valence-electron chi connectivity index (χ2n) is 12.2. The van der Waals surface area contributed by atoms with Gasteiger partial charge in [-0.3, -0.25) is 4.79 Å². The number of allylic oxidation sites excluding steroid dienone is 1. The lowest BCUT2D eigenvalue weighted by atomic mass is 9.46. The van der Waals surface area contributed by atoms with Gasteiger partial charge in [0.25, 0.3) is 0 Å². The van der Waals surface area contributed by atoms with E-state index < -0.39 is 0 Å². The summed E-state index contributed by atoms with van der Waals surface area (Å²) in [5.41, 5.74) is 1.72. The average Bonchev–Trinajstić information content (AvgIpc) is 2.96. The van der Waals surface area contributed by atoms with Gasteiger partial charge in [0.15, 0.2) is 5.78 Å². The molecular formula is C27H44O3. The van der Waals surface area contributed by atoms with Gasteiger partial charge < -0.3 is 10.2 Å². The van der Waals surface area contributed by atoms with Crippen LogP contribution < -0.4 is 0 Å². The van der Waals surface area contributed by atoms with E-state index in [-0.39, 0.29) is 34.9 Å². The van der Waals surface area contributed by atoms with Gasteiger partial charge in [-0.15, -0.1) is 0 Å². The van der Waals surface area contributed by atoms with Gasteiger partial charge in [0, 0.05) is 6.42 Å². The normalized spacial score (nSPS) is 45.4. The molecule has 3 nitrogen and oxygen atoms in total. The zero-order valence-corrected chi connectivity index (χ0v) is 19.9. The Labute approximate surface area is 183 Å². The van der Waals surface area contributed by atoms with E-state index in [1.54, 1.807) is 0 Å². The lowest BCUT2D eigenvalue weighted by molar-refractivity contribution is -0.118. The van der Waals surface area contributed by atoms with E-state index in [9.17, 15) is 15.0 Å². The first-order valence-corrected chi connectivity index (χ1v) is 12.7. The first kappa shape index (κ1) is 22.5. The van der Waals surface area contributed by atoms with Crippen molar-refractivity contribution in [2.24, 2.45) is 46.3 Å². The Kier molecular flexibility index (Phi) is 6.03. The van der Waals surface area contributed by atoms with Crippen molar-refractivity contribution < 1.29 is 15.0 Å². The van der Waals surface area contributed by atoms with Crippen LogP contribution in [0.2, 0.25) is 0 Å². The predicted molar refractivity (Wildman–Crippen MR) is 121 cm³/mol. The monoisotopic (exact) mass is 416 g/mol. The van der Waals surface area contributed by atoms with Crippen molar-refractivity contribution in [1.82, 2.24) is 0 Å². The van der Waals surface area contributed by atoms with Crippen LogP contribution in [0, 0.1) is 46.3 Å². The van der Waals surface area contributed by atoms with Crippen LogP contribution in [-0.4, -0.2) is 28.2 Å². The summed E-state index contributed by atoms with van der Waals surface area (Å²) in [6.45, 7) is 11.5. The molecule has 3 saturated carbocycles. The van der Waals surface area contributed by atoms with Gasteiger partial charge in [-0.05, 0) is 104 Å². The summed E-state index contributed by atoms with van der Waals surface area (Å²) in [5, 5.41) is 22.2. The van der Waals surface area contributed by atoms with E-state index in [0.29, 0.717) is 35.9 Å². The van der Waals surface area contributed by atoms with Crippen LogP contribution in [0.1, 0.15) is 92.4 Å². The summed E-state index contributed by atoms with van der Waals surface area (Å²) in [7, 11) is 0. The minimum absolute atomic E-state index is 0.126. The standard InChI is InChI=1S/C27H44O3/c1-16(2)6-9-23(29)17(3)25-24(30)15-22-20-8-7-18-14-19(28)10-12-26(18,4)21(20)11-13-27(22,25)5/h14,16-17,20-25,29-30H,6-13,15H2,1-5H3. The molecule has 0 bridgehead atoms. The molecule has 3 heteroatoms. The quantitative estimate of drug-likeness (QED) is 0.619. The fraction of sp³-hybridized carbons (Fsp3) is 0.889. The molecule has 0 aromatic carbocycles. The van der Waals surface area contributed by atoms with Crippen LogP contribution in [0.4, 0.5) is 0 Å². The molecule has 9 atom stereocenters. The summed E-state index contributed by atoms with van der Waals surface area (Å²) in [6.07, 6.45) is 10.5. The van der Waals surface area contributed by atoms with Crippen LogP contribution in [0.5, 0.6) is 0 Å². The lowest BCUT2D eigenvalue weighted by Gasteiger charge is -2.58. The Balaban J connectivity index is 1.56. The molecule has 0 radical (unpaired) electrons. The van der Waals surface area contributed by atoms with Crippen LogP contribution in [-0.2, 0) is 4.79 Å². The summed E-state index contributed by atoms with van der Waals surface area (Å²) < 4.78 is 0. The maximum atomic E-state index is 12.0. The summed E-state index contributed by atoms with van der Waals surface area (Å²) >= 11 is 0. The zero-order valence-electron chi connectivity index (χ0n) is 19.9. The molecule has 0 saturated heterocycles. The highest BCUT2D eigenvalue weighted by Gasteiger charge is 2.62. The topological polar surface area (TPSA) is 57.5 Å². The number of rotatable bonds is 5. The third kappa shape index (κ3) is 3.52. The van der Waals surface area contributed by atoms with Crippen molar-refractivity contribution in [3.8, 4) is 0 Å².